The Bertz CT molecular complexity index is 667. The van der Waals surface area contributed by atoms with Crippen LogP contribution in [0.25, 0.3) is 0 Å². The van der Waals surface area contributed by atoms with Crippen LogP contribution in [0.2, 0.25) is 0 Å². The van der Waals surface area contributed by atoms with Crippen molar-refractivity contribution in [2.45, 2.75) is 39.9 Å². The van der Waals surface area contributed by atoms with E-state index in [4.69, 9.17) is 0 Å². The van der Waals surface area contributed by atoms with Crippen LogP contribution >= 0.6 is 0 Å². The van der Waals surface area contributed by atoms with E-state index in [2.05, 4.69) is 39.7 Å². The summed E-state index contributed by atoms with van der Waals surface area (Å²) in [7, 11) is 0. The maximum Gasteiger partial charge on any atom is 0.319 e. The summed E-state index contributed by atoms with van der Waals surface area (Å²) in [6.07, 6.45) is 3.58. The van der Waals surface area contributed by atoms with Crippen LogP contribution in [0.3, 0.4) is 0 Å². The minimum Gasteiger partial charge on any atom is -0.357 e. The number of imidazole rings is 1. The number of aromatic nitrogens is 2. The Labute approximate surface area is 140 Å². The molecule has 0 bridgehead atoms. The molecular weight excluding hydrogens is 312 g/mol. The number of nitrogens with one attached hydrogen (secondary N) is 2. The van der Waals surface area contributed by atoms with Crippen molar-refractivity contribution in [3.05, 3.63) is 53.6 Å². The molecule has 0 amide bonds. The van der Waals surface area contributed by atoms with E-state index in [1.165, 1.54) is 18.0 Å². The van der Waals surface area contributed by atoms with Crippen molar-refractivity contribution >= 4 is 5.96 Å². The summed E-state index contributed by atoms with van der Waals surface area (Å²) >= 11 is 0. The molecule has 0 saturated heterocycles. The third-order valence-corrected chi connectivity index (χ3v) is 3.62. The molecule has 0 fully saturated rings. The van der Waals surface area contributed by atoms with Crippen molar-refractivity contribution in [2.75, 3.05) is 6.54 Å². The first kappa shape index (κ1) is 17.9. The van der Waals surface area contributed by atoms with Crippen LogP contribution in [0.15, 0.2) is 41.7 Å². The zero-order valence-electron chi connectivity index (χ0n) is 14.0. The predicted octanol–water partition coefficient (Wildman–Crippen LogP) is 3.10. The van der Waals surface area contributed by atoms with Crippen LogP contribution in [0.1, 0.15) is 37.3 Å². The average Bonchev–Trinajstić information content (AvgIpc) is 3.06. The lowest BCUT2D eigenvalue weighted by Gasteiger charge is -2.13. The third-order valence-electron chi connectivity index (χ3n) is 3.62. The number of nitrogens with zero attached hydrogens (tertiary/aromatic N) is 3. The molecule has 0 aliphatic rings. The van der Waals surface area contributed by atoms with Gasteiger partial charge in [0.15, 0.2) is 5.96 Å². The van der Waals surface area contributed by atoms with Gasteiger partial charge >= 0.3 is 6.55 Å². The smallest absolute Gasteiger partial charge is 0.319 e. The highest BCUT2D eigenvalue weighted by Gasteiger charge is 2.11. The van der Waals surface area contributed by atoms with Crippen molar-refractivity contribution in [3.8, 4) is 0 Å². The van der Waals surface area contributed by atoms with Gasteiger partial charge in [-0.15, -0.1) is 0 Å². The summed E-state index contributed by atoms with van der Waals surface area (Å²) in [4.78, 5) is 8.49. The number of rotatable bonds is 7. The Hall–Kier alpha value is -2.44. The maximum absolute atomic E-state index is 12.8. The van der Waals surface area contributed by atoms with E-state index in [0.29, 0.717) is 19.0 Å². The van der Waals surface area contributed by atoms with E-state index < -0.39 is 6.55 Å². The lowest BCUT2D eigenvalue weighted by atomic mass is 10.1. The van der Waals surface area contributed by atoms with Crippen LogP contribution in [0.5, 0.6) is 0 Å². The highest BCUT2D eigenvalue weighted by atomic mass is 19.3. The normalized spacial score (nSPS) is 11.8. The van der Waals surface area contributed by atoms with Gasteiger partial charge < -0.3 is 10.6 Å². The summed E-state index contributed by atoms with van der Waals surface area (Å²) in [6.45, 7) is 2.86. The molecule has 0 radical (unpaired) electrons. The number of aliphatic imine (C=N–C) groups is 1. The minimum absolute atomic E-state index is 0.179. The molecule has 1 aromatic carbocycles. The second-order valence-electron chi connectivity index (χ2n) is 5.20. The molecule has 2 aromatic rings. The largest absolute Gasteiger partial charge is 0.357 e. The molecular formula is C17H23F2N5. The van der Waals surface area contributed by atoms with Gasteiger partial charge in [0.25, 0.3) is 0 Å². The molecule has 2 rings (SSSR count). The lowest BCUT2D eigenvalue weighted by Crippen LogP contribution is -2.37. The van der Waals surface area contributed by atoms with Gasteiger partial charge in [-0.1, -0.05) is 31.2 Å². The van der Waals surface area contributed by atoms with Crippen LogP contribution in [0, 0.1) is 0 Å². The number of alkyl halides is 2. The van der Waals surface area contributed by atoms with Gasteiger partial charge in [0, 0.05) is 18.9 Å². The van der Waals surface area contributed by atoms with Gasteiger partial charge in [-0.2, -0.15) is 8.78 Å². The first-order valence-corrected chi connectivity index (χ1v) is 8.04. The fourth-order valence-corrected chi connectivity index (χ4v) is 2.38. The number of benzene rings is 1. The summed E-state index contributed by atoms with van der Waals surface area (Å²) in [6, 6.07) is 8.14. The summed E-state index contributed by atoms with van der Waals surface area (Å²) < 4.78 is 26.5. The van der Waals surface area contributed by atoms with Crippen LogP contribution in [-0.4, -0.2) is 22.1 Å². The van der Waals surface area contributed by atoms with Crippen molar-refractivity contribution < 1.29 is 8.78 Å². The summed E-state index contributed by atoms with van der Waals surface area (Å²) in [5.74, 6) is 0.844. The summed E-state index contributed by atoms with van der Waals surface area (Å²) in [5, 5.41) is 6.16. The minimum atomic E-state index is -2.60. The molecule has 24 heavy (non-hydrogen) atoms. The highest BCUT2D eigenvalue weighted by Crippen LogP contribution is 2.12. The van der Waals surface area contributed by atoms with Gasteiger partial charge in [-0.3, -0.25) is 4.57 Å². The average molecular weight is 335 g/mol. The Kier molecular flexibility index (Phi) is 6.72. The van der Waals surface area contributed by atoms with E-state index >= 15 is 0 Å². The van der Waals surface area contributed by atoms with E-state index in [1.54, 1.807) is 0 Å². The number of hydrogen-bond acceptors (Lipinski definition) is 2. The van der Waals surface area contributed by atoms with E-state index in [-0.39, 0.29) is 12.4 Å². The Morgan fingerprint density at radius 1 is 1.21 bits per heavy atom. The monoisotopic (exact) mass is 335 g/mol. The molecule has 0 atom stereocenters. The fourth-order valence-electron chi connectivity index (χ4n) is 2.38. The zero-order valence-corrected chi connectivity index (χ0v) is 14.0. The molecule has 0 unspecified atom stereocenters. The van der Waals surface area contributed by atoms with E-state index in [9.17, 15) is 8.78 Å². The molecule has 0 saturated carbocycles. The van der Waals surface area contributed by atoms with Crippen LogP contribution < -0.4 is 10.6 Å². The quantitative estimate of drug-likeness (QED) is 0.604. The van der Waals surface area contributed by atoms with Gasteiger partial charge in [-0.25, -0.2) is 9.98 Å². The van der Waals surface area contributed by atoms with Gasteiger partial charge in [0.05, 0.1) is 13.1 Å². The Morgan fingerprint density at radius 2 is 1.96 bits per heavy atom. The van der Waals surface area contributed by atoms with E-state index in [0.717, 1.165) is 16.6 Å². The van der Waals surface area contributed by atoms with Crippen molar-refractivity contribution in [2.24, 2.45) is 4.99 Å². The lowest BCUT2D eigenvalue weighted by molar-refractivity contribution is 0.0668. The maximum atomic E-state index is 12.8. The van der Waals surface area contributed by atoms with Crippen molar-refractivity contribution in [1.29, 1.82) is 0 Å². The van der Waals surface area contributed by atoms with Crippen molar-refractivity contribution in [3.63, 3.8) is 0 Å². The van der Waals surface area contributed by atoms with Crippen molar-refractivity contribution in [1.82, 2.24) is 20.2 Å². The third kappa shape index (κ3) is 4.78. The topological polar surface area (TPSA) is 54.2 Å². The molecule has 0 aliphatic heterocycles. The van der Waals surface area contributed by atoms with Crippen LogP contribution in [0.4, 0.5) is 8.78 Å². The number of hydrogen-bond donors (Lipinski definition) is 2. The molecule has 0 aliphatic carbocycles. The fraction of sp³-hybridized carbons (Fsp3) is 0.412. The SMILES string of the molecule is CCNC(=NCc1ccccc1CC)NCc1nccn1C(F)F. The second-order valence-corrected chi connectivity index (χ2v) is 5.20. The molecule has 7 heteroatoms. The van der Waals surface area contributed by atoms with Gasteiger partial charge in [-0.05, 0) is 24.5 Å². The predicted molar refractivity (Wildman–Crippen MR) is 91.0 cm³/mol. The van der Waals surface area contributed by atoms with Gasteiger partial charge in [0.1, 0.15) is 5.82 Å². The molecule has 130 valence electrons. The molecule has 5 nitrogen and oxygen atoms in total. The molecule has 1 aromatic heterocycles. The standard InChI is InChI=1S/C17H23F2N5/c1-3-13-7-5-6-8-14(13)11-22-17(20-4-2)23-12-15-21-9-10-24(15)16(18)19/h5-10,16H,3-4,11-12H2,1-2H3,(H2,20,22,23). The number of halogens is 2. The second kappa shape index (κ2) is 9.00. The summed E-state index contributed by atoms with van der Waals surface area (Å²) in [5.41, 5.74) is 2.41. The zero-order chi connectivity index (χ0) is 17.4. The molecule has 0 spiro atoms. The Morgan fingerprint density at radius 3 is 2.62 bits per heavy atom. The molecule has 1 heterocycles. The number of guanidine groups is 1. The van der Waals surface area contributed by atoms with E-state index in [1.807, 2.05) is 19.1 Å². The van der Waals surface area contributed by atoms with Gasteiger partial charge in [0.2, 0.25) is 0 Å². The first-order valence-electron chi connectivity index (χ1n) is 8.04. The Balaban J connectivity index is 2.04. The highest BCUT2D eigenvalue weighted by molar-refractivity contribution is 5.79. The first-order chi connectivity index (χ1) is 11.7. The number of aryl methyl sites for hydroxylation is 1. The van der Waals surface area contributed by atoms with Crippen LogP contribution in [-0.2, 0) is 19.5 Å². The molecule has 2 N–H and O–H groups in total.